The van der Waals surface area contributed by atoms with Crippen molar-refractivity contribution in [3.05, 3.63) is 99.3 Å². The predicted octanol–water partition coefficient (Wildman–Crippen LogP) is 4.31. The number of ether oxygens (including phenoxy) is 1. The van der Waals surface area contributed by atoms with Gasteiger partial charge in [0.15, 0.2) is 0 Å². The number of rotatable bonds is 8. The van der Waals surface area contributed by atoms with Gasteiger partial charge in [0, 0.05) is 34.4 Å². The topological polar surface area (TPSA) is 117 Å². The third-order valence-electron chi connectivity index (χ3n) is 5.19. The zero-order valence-electron chi connectivity index (χ0n) is 18.7. The van der Waals surface area contributed by atoms with Gasteiger partial charge in [-0.1, -0.05) is 23.7 Å². The number of fused-ring (bicyclic) bond motifs is 1. The molecule has 35 heavy (non-hydrogen) atoms. The number of nitrogens with one attached hydrogen (secondary N) is 3. The lowest BCUT2D eigenvalue weighted by molar-refractivity contribution is 0.0949. The van der Waals surface area contributed by atoms with E-state index in [2.05, 4.69) is 15.0 Å². The van der Waals surface area contributed by atoms with Crippen LogP contribution in [0.1, 0.15) is 22.8 Å². The van der Waals surface area contributed by atoms with Gasteiger partial charge in [-0.05, 0) is 67.1 Å². The fourth-order valence-electron chi connectivity index (χ4n) is 3.41. The summed E-state index contributed by atoms with van der Waals surface area (Å²) < 4.78 is 33.7. The smallest absolute Gasteiger partial charge is 0.261 e. The van der Waals surface area contributed by atoms with Crippen LogP contribution < -0.4 is 20.2 Å². The van der Waals surface area contributed by atoms with Gasteiger partial charge in [-0.25, -0.2) is 8.42 Å². The Morgan fingerprint density at radius 2 is 1.74 bits per heavy atom. The third kappa shape index (κ3) is 5.64. The Morgan fingerprint density at radius 3 is 2.43 bits per heavy atom. The van der Waals surface area contributed by atoms with Gasteiger partial charge in [0.1, 0.15) is 11.3 Å². The van der Waals surface area contributed by atoms with Crippen LogP contribution in [0.4, 0.5) is 5.69 Å². The molecule has 3 aromatic carbocycles. The molecular weight excluding hydrogens is 490 g/mol. The van der Waals surface area contributed by atoms with Gasteiger partial charge >= 0.3 is 0 Å². The number of aromatic nitrogens is 1. The van der Waals surface area contributed by atoms with E-state index in [0.29, 0.717) is 28.6 Å². The van der Waals surface area contributed by atoms with Gasteiger partial charge in [-0.15, -0.1) is 0 Å². The molecule has 8 nitrogen and oxygen atoms in total. The number of carbonyl (C=O) groups is 1. The van der Waals surface area contributed by atoms with Crippen molar-refractivity contribution < 1.29 is 17.9 Å². The number of sulfonamides is 1. The van der Waals surface area contributed by atoms with Crippen molar-refractivity contribution in [2.75, 3.05) is 11.3 Å². The quantitative estimate of drug-likeness (QED) is 0.326. The molecule has 1 aromatic heterocycles. The van der Waals surface area contributed by atoms with Gasteiger partial charge < -0.3 is 15.0 Å². The van der Waals surface area contributed by atoms with Crippen LogP contribution in [-0.4, -0.2) is 25.9 Å². The zero-order valence-corrected chi connectivity index (χ0v) is 20.2. The summed E-state index contributed by atoms with van der Waals surface area (Å²) in [6.45, 7) is 2.55. The van der Waals surface area contributed by atoms with E-state index < -0.39 is 21.4 Å². The molecule has 1 amide bonds. The van der Waals surface area contributed by atoms with Gasteiger partial charge in [-0.2, -0.15) is 0 Å². The molecule has 0 aliphatic rings. The largest absolute Gasteiger partial charge is 0.494 e. The first-order valence-corrected chi connectivity index (χ1v) is 12.6. The minimum Gasteiger partial charge on any atom is -0.494 e. The summed E-state index contributed by atoms with van der Waals surface area (Å²) in [6.07, 6.45) is 1.31. The molecule has 4 aromatic rings. The lowest BCUT2D eigenvalue weighted by atomic mass is 10.1. The molecular formula is C25H22ClN3O5S. The molecule has 0 unspecified atom stereocenters. The number of halogens is 1. The molecule has 3 N–H and O–H groups in total. The molecule has 0 bridgehead atoms. The Morgan fingerprint density at radius 1 is 1.03 bits per heavy atom. The Balaban J connectivity index is 1.57. The molecule has 180 valence electrons. The van der Waals surface area contributed by atoms with E-state index in [-0.39, 0.29) is 22.4 Å². The van der Waals surface area contributed by atoms with Crippen molar-refractivity contribution >= 4 is 44.1 Å². The number of benzene rings is 3. The van der Waals surface area contributed by atoms with Crippen LogP contribution in [0.15, 0.2) is 82.6 Å². The second-order valence-electron chi connectivity index (χ2n) is 7.61. The number of carbonyl (C=O) groups excluding carboxylic acids is 1. The minimum absolute atomic E-state index is 0.0821. The first kappa shape index (κ1) is 24.3. The standard InChI is InChI=1S/C25H22ClN3O5S/c1-2-34-19-9-7-18(8-10-19)29-35(32,33)20-11-12-23-21(13-20)24(30)22(15-27-23)25(31)28-14-16-3-5-17(26)6-4-16/h3-13,15,29H,2,14H2,1H3,(H,27,30)(H,28,31). The predicted molar refractivity (Wildman–Crippen MR) is 136 cm³/mol. The van der Waals surface area contributed by atoms with Crippen LogP contribution in [0.3, 0.4) is 0 Å². The molecule has 0 atom stereocenters. The maximum atomic E-state index is 13.0. The molecule has 0 fully saturated rings. The Labute approximate surface area is 207 Å². The molecule has 0 aliphatic heterocycles. The number of anilines is 1. The fourth-order valence-corrected chi connectivity index (χ4v) is 4.62. The van der Waals surface area contributed by atoms with Gasteiger partial charge in [-0.3, -0.25) is 14.3 Å². The average molecular weight is 512 g/mol. The van der Waals surface area contributed by atoms with E-state index in [1.807, 2.05) is 6.92 Å². The van der Waals surface area contributed by atoms with Crippen molar-refractivity contribution in [1.82, 2.24) is 10.3 Å². The average Bonchev–Trinajstić information content (AvgIpc) is 2.85. The van der Waals surface area contributed by atoms with Crippen LogP contribution in [0.25, 0.3) is 10.9 Å². The normalized spacial score (nSPS) is 11.3. The maximum Gasteiger partial charge on any atom is 0.261 e. The van der Waals surface area contributed by atoms with Crippen molar-refractivity contribution in [3.8, 4) is 5.75 Å². The molecule has 0 saturated heterocycles. The fraction of sp³-hybridized carbons (Fsp3) is 0.120. The van der Waals surface area contributed by atoms with Crippen molar-refractivity contribution in [2.24, 2.45) is 0 Å². The summed E-state index contributed by atoms with van der Waals surface area (Å²) in [5.74, 6) is 0.0402. The summed E-state index contributed by atoms with van der Waals surface area (Å²) in [6, 6.07) is 17.5. The summed E-state index contributed by atoms with van der Waals surface area (Å²) >= 11 is 5.87. The molecule has 0 saturated carbocycles. The van der Waals surface area contributed by atoms with Crippen molar-refractivity contribution in [2.45, 2.75) is 18.4 Å². The highest BCUT2D eigenvalue weighted by atomic mass is 35.5. The first-order chi connectivity index (χ1) is 16.8. The van der Waals surface area contributed by atoms with E-state index in [4.69, 9.17) is 16.3 Å². The number of amides is 1. The highest BCUT2D eigenvalue weighted by Gasteiger charge is 2.18. The number of hydrogen-bond acceptors (Lipinski definition) is 5. The highest BCUT2D eigenvalue weighted by molar-refractivity contribution is 7.92. The third-order valence-corrected chi connectivity index (χ3v) is 6.82. The van der Waals surface area contributed by atoms with Crippen molar-refractivity contribution in [3.63, 3.8) is 0 Å². The van der Waals surface area contributed by atoms with Gasteiger partial charge in [0.05, 0.1) is 11.5 Å². The molecule has 4 rings (SSSR count). The number of aromatic amines is 1. The maximum absolute atomic E-state index is 13.0. The van der Waals surface area contributed by atoms with Crippen LogP contribution in [0, 0.1) is 0 Å². The van der Waals surface area contributed by atoms with Crippen LogP contribution in [0.2, 0.25) is 5.02 Å². The molecule has 0 spiro atoms. The monoisotopic (exact) mass is 511 g/mol. The molecule has 0 aliphatic carbocycles. The Hall–Kier alpha value is -3.82. The van der Waals surface area contributed by atoms with E-state index in [0.717, 1.165) is 5.56 Å². The first-order valence-electron chi connectivity index (χ1n) is 10.7. The zero-order chi connectivity index (χ0) is 25.0. The Bertz CT molecular complexity index is 1530. The van der Waals surface area contributed by atoms with Crippen LogP contribution in [-0.2, 0) is 16.6 Å². The summed E-state index contributed by atoms with van der Waals surface area (Å²) in [4.78, 5) is 28.5. The minimum atomic E-state index is -3.98. The second kappa shape index (κ2) is 10.2. The summed E-state index contributed by atoms with van der Waals surface area (Å²) in [7, 11) is -3.98. The second-order valence-corrected chi connectivity index (χ2v) is 9.73. The molecule has 0 radical (unpaired) electrons. The highest BCUT2D eigenvalue weighted by Crippen LogP contribution is 2.21. The molecule has 10 heteroatoms. The van der Waals surface area contributed by atoms with E-state index in [9.17, 15) is 18.0 Å². The summed E-state index contributed by atoms with van der Waals surface area (Å²) in [5, 5.41) is 3.35. The lowest BCUT2D eigenvalue weighted by Crippen LogP contribution is -2.28. The summed E-state index contributed by atoms with van der Waals surface area (Å²) in [5.41, 5.74) is 0.863. The van der Waals surface area contributed by atoms with E-state index >= 15 is 0 Å². The lowest BCUT2D eigenvalue weighted by Gasteiger charge is -2.10. The van der Waals surface area contributed by atoms with Gasteiger partial charge in [0.2, 0.25) is 5.43 Å². The van der Waals surface area contributed by atoms with Crippen LogP contribution in [0.5, 0.6) is 5.75 Å². The molecule has 1 heterocycles. The van der Waals surface area contributed by atoms with Crippen molar-refractivity contribution in [1.29, 1.82) is 0 Å². The van der Waals surface area contributed by atoms with Gasteiger partial charge in [0.25, 0.3) is 15.9 Å². The van der Waals surface area contributed by atoms with E-state index in [1.165, 1.54) is 24.4 Å². The number of H-pyrrole nitrogens is 1. The number of pyridine rings is 1. The SMILES string of the molecule is CCOc1ccc(NS(=O)(=O)c2ccc3[nH]cc(C(=O)NCc4ccc(Cl)cc4)c(=O)c3c2)cc1. The van der Waals surface area contributed by atoms with Crippen LogP contribution >= 0.6 is 11.6 Å². The van der Waals surface area contributed by atoms with E-state index in [1.54, 1.807) is 48.5 Å². The number of hydrogen-bond donors (Lipinski definition) is 3. The Kier molecular flexibility index (Phi) is 7.09.